The molecule has 0 bridgehead atoms. The zero-order chi connectivity index (χ0) is 24.6. The lowest BCUT2D eigenvalue weighted by Crippen LogP contribution is -2.42. The van der Waals surface area contributed by atoms with Crippen molar-refractivity contribution in [3.63, 3.8) is 0 Å². The minimum atomic E-state index is -4.77. The average molecular weight is 473 g/mol. The first kappa shape index (κ1) is 24.4. The number of oxime groups is 1. The highest BCUT2D eigenvalue weighted by atomic mass is 19.4. The Labute approximate surface area is 185 Å². The van der Waals surface area contributed by atoms with Gasteiger partial charge in [0.25, 0.3) is 5.60 Å². The van der Waals surface area contributed by atoms with Gasteiger partial charge in [0.05, 0.1) is 11.4 Å². The topological polar surface area (TPSA) is 62.7 Å². The highest BCUT2D eigenvalue weighted by molar-refractivity contribution is 6.02. The van der Waals surface area contributed by atoms with Crippen LogP contribution in [0.1, 0.15) is 40.7 Å². The van der Waals surface area contributed by atoms with Crippen LogP contribution in [0.25, 0.3) is 0 Å². The van der Waals surface area contributed by atoms with Crippen molar-refractivity contribution in [1.82, 2.24) is 5.43 Å². The number of nitrogens with one attached hydrogen (secondary N) is 2. The monoisotopic (exact) mass is 473 g/mol. The number of nitrogens with zero attached hydrogens (tertiary/aromatic N) is 1. The zero-order valence-electron chi connectivity index (χ0n) is 17.9. The first-order valence-electron chi connectivity index (χ1n) is 9.83. The summed E-state index contributed by atoms with van der Waals surface area (Å²) in [4.78, 5) is 16.5. The number of carbonyl (C=O) groups is 1. The summed E-state index contributed by atoms with van der Waals surface area (Å²) in [5.41, 5.74) is 3.88. The van der Waals surface area contributed by atoms with E-state index in [1.165, 1.54) is 24.3 Å². The van der Waals surface area contributed by atoms with Gasteiger partial charge in [-0.1, -0.05) is 46.6 Å². The number of halogens is 6. The van der Waals surface area contributed by atoms with Crippen LogP contribution in [0.5, 0.6) is 0 Å². The Morgan fingerprint density at radius 1 is 1.03 bits per heavy atom. The molecule has 0 aliphatic carbocycles. The summed E-state index contributed by atoms with van der Waals surface area (Å²) in [5.74, 6) is -1.31. The summed E-state index contributed by atoms with van der Waals surface area (Å²) in [6.07, 6.45) is -11.7. The summed E-state index contributed by atoms with van der Waals surface area (Å²) in [6.45, 7) is 4.98. The highest BCUT2D eigenvalue weighted by Crippen LogP contribution is 2.49. The van der Waals surface area contributed by atoms with Crippen LogP contribution in [0.3, 0.4) is 0 Å². The molecule has 1 aliphatic rings. The molecule has 3 rings (SSSR count). The van der Waals surface area contributed by atoms with Crippen LogP contribution >= 0.6 is 0 Å². The molecule has 1 atom stereocenters. The number of hydrogen-bond donors (Lipinski definition) is 2. The number of anilines is 1. The molecule has 11 heteroatoms. The normalized spacial score (nSPS) is 18.5. The molecule has 0 aromatic heterocycles. The van der Waals surface area contributed by atoms with Gasteiger partial charge in [-0.15, -0.1) is 0 Å². The van der Waals surface area contributed by atoms with E-state index in [0.717, 1.165) is 0 Å². The number of rotatable bonds is 5. The van der Waals surface area contributed by atoms with E-state index in [1.54, 1.807) is 32.9 Å². The number of aryl methyl sites for hydroxylation is 3. The predicted octanol–water partition coefficient (Wildman–Crippen LogP) is 5.59. The van der Waals surface area contributed by atoms with Gasteiger partial charge in [0.15, 0.2) is 0 Å². The van der Waals surface area contributed by atoms with Crippen molar-refractivity contribution in [1.29, 1.82) is 0 Å². The minimum absolute atomic E-state index is 0.0103. The third-order valence-corrected chi connectivity index (χ3v) is 5.14. The highest BCUT2D eigenvalue weighted by Gasteiger charge is 2.62. The maximum atomic E-state index is 14.2. The number of hydrazine groups is 1. The molecule has 0 saturated heterocycles. The molecule has 2 aromatic rings. The van der Waals surface area contributed by atoms with Crippen LogP contribution in [0, 0.1) is 20.8 Å². The third kappa shape index (κ3) is 5.40. The molecule has 33 heavy (non-hydrogen) atoms. The molecule has 0 fully saturated rings. The Bertz CT molecular complexity index is 1070. The lowest BCUT2D eigenvalue weighted by atomic mass is 9.85. The van der Waals surface area contributed by atoms with Gasteiger partial charge in [0.1, 0.15) is 6.42 Å². The molecule has 0 saturated carbocycles. The van der Waals surface area contributed by atoms with E-state index in [1.807, 2.05) is 5.43 Å². The van der Waals surface area contributed by atoms with Crippen LogP contribution in [-0.2, 0) is 15.2 Å². The molecule has 0 spiro atoms. The Morgan fingerprint density at radius 3 is 2.24 bits per heavy atom. The SMILES string of the molecule is Cc1cc(C)cc(C2(C(F)(F)F)CC(c3ccc(C)c(NNC(=O)CC(F)(F)F)c3)=NO2)c1. The maximum absolute atomic E-state index is 14.2. The summed E-state index contributed by atoms with van der Waals surface area (Å²) in [7, 11) is 0. The van der Waals surface area contributed by atoms with Crippen LogP contribution in [-0.4, -0.2) is 24.0 Å². The van der Waals surface area contributed by atoms with Crippen molar-refractivity contribution in [3.05, 3.63) is 64.2 Å². The second-order valence-corrected chi connectivity index (χ2v) is 8.00. The summed E-state index contributed by atoms with van der Waals surface area (Å²) in [5, 5.41) is 3.71. The van der Waals surface area contributed by atoms with Gasteiger partial charge in [-0.3, -0.25) is 15.6 Å². The predicted molar refractivity (Wildman–Crippen MR) is 110 cm³/mol. The molecule has 178 valence electrons. The molecule has 2 aromatic carbocycles. The van der Waals surface area contributed by atoms with Crippen LogP contribution < -0.4 is 10.9 Å². The Hall–Kier alpha value is -3.24. The molecule has 0 radical (unpaired) electrons. The number of carbonyl (C=O) groups excluding carboxylic acids is 1. The fourth-order valence-electron chi connectivity index (χ4n) is 3.57. The maximum Gasteiger partial charge on any atom is 0.435 e. The zero-order valence-corrected chi connectivity index (χ0v) is 17.9. The second-order valence-electron chi connectivity index (χ2n) is 8.00. The van der Waals surface area contributed by atoms with Crippen LogP contribution in [0.15, 0.2) is 41.6 Å². The molecular formula is C22H21F6N3O2. The van der Waals surface area contributed by atoms with Crippen molar-refractivity contribution < 1.29 is 36.0 Å². The first-order valence-corrected chi connectivity index (χ1v) is 9.83. The largest absolute Gasteiger partial charge is 0.435 e. The van der Waals surface area contributed by atoms with Crippen molar-refractivity contribution in [2.75, 3.05) is 5.43 Å². The van der Waals surface area contributed by atoms with E-state index in [-0.39, 0.29) is 22.5 Å². The Kier molecular flexibility index (Phi) is 6.36. The van der Waals surface area contributed by atoms with Gasteiger partial charge in [-0.05, 0) is 32.4 Å². The van der Waals surface area contributed by atoms with E-state index >= 15 is 0 Å². The van der Waals surface area contributed by atoms with E-state index < -0.39 is 36.7 Å². The summed E-state index contributed by atoms with van der Waals surface area (Å²) >= 11 is 0. The molecule has 1 amide bonds. The van der Waals surface area contributed by atoms with Gasteiger partial charge in [-0.2, -0.15) is 26.3 Å². The summed E-state index contributed by atoms with van der Waals surface area (Å²) < 4.78 is 79.6. The fourth-order valence-corrected chi connectivity index (χ4v) is 3.57. The average Bonchev–Trinajstić information content (AvgIpc) is 3.12. The van der Waals surface area contributed by atoms with Crippen molar-refractivity contribution in [2.24, 2.45) is 5.16 Å². The number of alkyl halides is 6. The fraction of sp³-hybridized carbons (Fsp3) is 0.364. The van der Waals surface area contributed by atoms with Crippen LogP contribution in [0.4, 0.5) is 32.0 Å². The lowest BCUT2D eigenvalue weighted by molar-refractivity contribution is -0.275. The van der Waals surface area contributed by atoms with E-state index in [0.29, 0.717) is 16.7 Å². The van der Waals surface area contributed by atoms with Crippen molar-refractivity contribution in [2.45, 2.75) is 51.6 Å². The van der Waals surface area contributed by atoms with Gasteiger partial charge in [-0.25, -0.2) is 0 Å². The molecular weight excluding hydrogens is 452 g/mol. The molecule has 2 N–H and O–H groups in total. The Morgan fingerprint density at radius 2 is 1.67 bits per heavy atom. The number of hydrogen-bond acceptors (Lipinski definition) is 4. The van der Waals surface area contributed by atoms with Crippen molar-refractivity contribution in [3.8, 4) is 0 Å². The molecule has 1 unspecified atom stereocenters. The van der Waals surface area contributed by atoms with Gasteiger partial charge < -0.3 is 4.84 Å². The van der Waals surface area contributed by atoms with Gasteiger partial charge >= 0.3 is 12.4 Å². The number of benzene rings is 2. The first-order chi connectivity index (χ1) is 15.2. The number of amides is 1. The van der Waals surface area contributed by atoms with Gasteiger partial charge in [0, 0.05) is 17.5 Å². The quantitative estimate of drug-likeness (QED) is 0.440. The van der Waals surface area contributed by atoms with E-state index in [9.17, 15) is 31.1 Å². The van der Waals surface area contributed by atoms with E-state index in [4.69, 9.17) is 4.84 Å². The Balaban J connectivity index is 1.86. The molecule has 1 aliphatic heterocycles. The van der Waals surface area contributed by atoms with E-state index in [2.05, 4.69) is 10.6 Å². The minimum Gasteiger partial charge on any atom is -0.374 e. The summed E-state index contributed by atoms with van der Waals surface area (Å²) in [6, 6.07) is 9.00. The van der Waals surface area contributed by atoms with Crippen molar-refractivity contribution >= 4 is 17.3 Å². The standard InChI is InChI=1S/C22H21F6N3O2/c1-12-6-13(2)8-16(7-12)20(22(26,27)28)10-18(31-33-20)15-5-4-14(3)17(9-15)29-30-19(32)11-21(23,24)25/h4-9,29H,10-11H2,1-3H3,(H,30,32). The van der Waals surface area contributed by atoms with Crippen LogP contribution in [0.2, 0.25) is 0 Å². The third-order valence-electron chi connectivity index (χ3n) is 5.14. The molecule has 5 nitrogen and oxygen atoms in total. The van der Waals surface area contributed by atoms with Gasteiger partial charge in [0.2, 0.25) is 5.91 Å². The lowest BCUT2D eigenvalue weighted by Gasteiger charge is -2.30. The smallest absolute Gasteiger partial charge is 0.374 e. The second kappa shape index (κ2) is 8.60. The molecule has 1 heterocycles.